The fraction of sp³-hybridized carbons (Fsp3) is 0.600. The molecule has 3 nitrogen and oxygen atoms in total. The fourth-order valence-electron chi connectivity index (χ4n) is 3.37. The third kappa shape index (κ3) is 2.44. The summed E-state index contributed by atoms with van der Waals surface area (Å²) in [4.78, 5) is 2.55. The minimum Gasteiger partial charge on any atom is -0.394 e. The quantitative estimate of drug-likeness (QED) is 0.843. The van der Waals surface area contributed by atoms with E-state index in [4.69, 9.17) is 0 Å². The first kappa shape index (κ1) is 12.2. The van der Waals surface area contributed by atoms with Gasteiger partial charge >= 0.3 is 0 Å². The van der Waals surface area contributed by atoms with E-state index in [0.29, 0.717) is 6.04 Å². The molecule has 1 aromatic rings. The molecular formula is C15H22N2O. The monoisotopic (exact) mass is 246 g/mol. The molecule has 2 saturated heterocycles. The number of aliphatic hydroxyl groups excluding tert-OH is 1. The Morgan fingerprint density at radius 1 is 1.22 bits per heavy atom. The average molecular weight is 246 g/mol. The normalized spacial score (nSPS) is 32.4. The fourth-order valence-corrected chi connectivity index (χ4v) is 3.37. The van der Waals surface area contributed by atoms with E-state index >= 15 is 0 Å². The van der Waals surface area contributed by atoms with Crippen molar-refractivity contribution in [3.63, 3.8) is 0 Å². The summed E-state index contributed by atoms with van der Waals surface area (Å²) in [5, 5.41) is 13.3. The molecule has 2 bridgehead atoms. The summed E-state index contributed by atoms with van der Waals surface area (Å²) in [5.41, 5.74) is 1.19. The molecule has 1 aromatic carbocycles. The van der Waals surface area contributed by atoms with Crippen LogP contribution in [0.1, 0.15) is 24.4 Å². The van der Waals surface area contributed by atoms with Gasteiger partial charge in [0.1, 0.15) is 0 Å². The lowest BCUT2D eigenvalue weighted by Gasteiger charge is -2.33. The summed E-state index contributed by atoms with van der Waals surface area (Å²) in [7, 11) is 0. The van der Waals surface area contributed by atoms with Gasteiger partial charge in [0.15, 0.2) is 0 Å². The third-order valence-electron chi connectivity index (χ3n) is 4.43. The molecule has 2 N–H and O–H groups in total. The van der Waals surface area contributed by atoms with Gasteiger partial charge in [0.2, 0.25) is 0 Å². The van der Waals surface area contributed by atoms with Gasteiger partial charge in [-0.1, -0.05) is 30.3 Å². The van der Waals surface area contributed by atoms with Gasteiger partial charge in [-0.3, -0.25) is 0 Å². The molecule has 2 aliphatic rings. The number of benzene rings is 1. The zero-order chi connectivity index (χ0) is 12.4. The number of rotatable bonds is 4. The first-order valence-electron chi connectivity index (χ1n) is 7.01. The van der Waals surface area contributed by atoms with Crippen LogP contribution in [0.2, 0.25) is 0 Å². The largest absolute Gasteiger partial charge is 0.394 e. The van der Waals surface area contributed by atoms with Crippen LogP contribution >= 0.6 is 0 Å². The standard InChI is InChI=1S/C15H22N2O/c18-11-15(12-4-2-1-3-5-12)16-14-7-9-17-8-6-13(14)10-17/h1-5,13-16,18H,6-11H2/t13?,14?,15-/m1/s1. The predicted octanol–water partition coefficient (Wildman–Crippen LogP) is 1.40. The van der Waals surface area contributed by atoms with E-state index in [1.807, 2.05) is 18.2 Å². The van der Waals surface area contributed by atoms with Gasteiger partial charge in [-0.05, 0) is 37.4 Å². The van der Waals surface area contributed by atoms with Crippen molar-refractivity contribution in [1.82, 2.24) is 10.2 Å². The Morgan fingerprint density at radius 3 is 2.78 bits per heavy atom. The summed E-state index contributed by atoms with van der Waals surface area (Å²) in [6, 6.07) is 10.9. The van der Waals surface area contributed by atoms with E-state index < -0.39 is 0 Å². The van der Waals surface area contributed by atoms with Crippen molar-refractivity contribution in [2.24, 2.45) is 5.92 Å². The van der Waals surface area contributed by atoms with Gasteiger partial charge in [0.05, 0.1) is 12.6 Å². The Kier molecular flexibility index (Phi) is 3.64. The van der Waals surface area contributed by atoms with Gasteiger partial charge in [0.25, 0.3) is 0 Å². The molecule has 18 heavy (non-hydrogen) atoms. The van der Waals surface area contributed by atoms with Crippen LogP contribution in [0.5, 0.6) is 0 Å². The number of hydrogen-bond donors (Lipinski definition) is 2. The van der Waals surface area contributed by atoms with Gasteiger partial charge in [-0.15, -0.1) is 0 Å². The number of fused-ring (bicyclic) bond motifs is 2. The predicted molar refractivity (Wildman–Crippen MR) is 72.4 cm³/mol. The first-order valence-corrected chi connectivity index (χ1v) is 7.01. The van der Waals surface area contributed by atoms with Crippen LogP contribution in [-0.4, -0.2) is 42.3 Å². The highest BCUT2D eigenvalue weighted by molar-refractivity contribution is 5.19. The van der Waals surface area contributed by atoms with Gasteiger partial charge in [-0.25, -0.2) is 0 Å². The Balaban J connectivity index is 1.67. The van der Waals surface area contributed by atoms with Crippen LogP contribution in [-0.2, 0) is 0 Å². The Morgan fingerprint density at radius 2 is 2.00 bits per heavy atom. The van der Waals surface area contributed by atoms with E-state index in [-0.39, 0.29) is 12.6 Å². The van der Waals surface area contributed by atoms with E-state index in [1.54, 1.807) is 0 Å². The molecule has 0 spiro atoms. The molecule has 2 aliphatic heterocycles. The van der Waals surface area contributed by atoms with Crippen LogP contribution in [0.25, 0.3) is 0 Å². The second-order valence-electron chi connectivity index (χ2n) is 5.56. The Bertz CT molecular complexity index is 381. The average Bonchev–Trinajstić information content (AvgIpc) is 2.82. The lowest BCUT2D eigenvalue weighted by atomic mass is 9.92. The second-order valence-corrected chi connectivity index (χ2v) is 5.56. The van der Waals surface area contributed by atoms with E-state index in [1.165, 1.54) is 38.0 Å². The van der Waals surface area contributed by atoms with E-state index in [9.17, 15) is 5.11 Å². The molecule has 0 aromatic heterocycles. The first-order chi connectivity index (χ1) is 8.86. The van der Waals surface area contributed by atoms with Crippen molar-refractivity contribution in [3.8, 4) is 0 Å². The van der Waals surface area contributed by atoms with Crippen LogP contribution in [0, 0.1) is 5.92 Å². The van der Waals surface area contributed by atoms with Crippen molar-refractivity contribution in [2.75, 3.05) is 26.2 Å². The molecule has 3 heteroatoms. The number of hydrogen-bond acceptors (Lipinski definition) is 3. The van der Waals surface area contributed by atoms with Crippen LogP contribution in [0.3, 0.4) is 0 Å². The maximum absolute atomic E-state index is 9.61. The lowest BCUT2D eigenvalue weighted by Crippen LogP contribution is -2.45. The molecule has 2 heterocycles. The Hall–Kier alpha value is -0.900. The molecule has 3 rings (SSSR count). The van der Waals surface area contributed by atoms with Gasteiger partial charge < -0.3 is 15.3 Å². The van der Waals surface area contributed by atoms with E-state index in [2.05, 4.69) is 22.3 Å². The molecule has 4 atom stereocenters. The van der Waals surface area contributed by atoms with Crippen LogP contribution in [0.15, 0.2) is 30.3 Å². The Labute approximate surface area is 109 Å². The molecule has 0 amide bonds. The zero-order valence-corrected chi connectivity index (χ0v) is 10.8. The molecule has 0 aliphatic carbocycles. The second kappa shape index (κ2) is 5.39. The minimum absolute atomic E-state index is 0.0864. The maximum Gasteiger partial charge on any atom is 0.0626 e. The summed E-state index contributed by atoms with van der Waals surface area (Å²) >= 11 is 0. The summed E-state index contributed by atoms with van der Waals surface area (Å²) in [6.45, 7) is 3.89. The van der Waals surface area contributed by atoms with Gasteiger partial charge in [-0.2, -0.15) is 0 Å². The summed E-state index contributed by atoms with van der Waals surface area (Å²) < 4.78 is 0. The highest BCUT2D eigenvalue weighted by Crippen LogP contribution is 2.28. The van der Waals surface area contributed by atoms with Crippen molar-refractivity contribution in [2.45, 2.75) is 24.9 Å². The molecule has 98 valence electrons. The van der Waals surface area contributed by atoms with Crippen LogP contribution in [0.4, 0.5) is 0 Å². The number of piperidine rings is 1. The minimum atomic E-state index is 0.0864. The van der Waals surface area contributed by atoms with Crippen molar-refractivity contribution < 1.29 is 5.11 Å². The molecule has 0 saturated carbocycles. The van der Waals surface area contributed by atoms with Crippen molar-refractivity contribution in [3.05, 3.63) is 35.9 Å². The van der Waals surface area contributed by atoms with Crippen molar-refractivity contribution >= 4 is 0 Å². The SMILES string of the molecule is OC[C@@H](NC1CCN2CCC1C2)c1ccccc1. The molecule has 2 fully saturated rings. The summed E-state index contributed by atoms with van der Waals surface area (Å²) in [6.07, 6.45) is 2.53. The molecule has 0 radical (unpaired) electrons. The lowest BCUT2D eigenvalue weighted by molar-refractivity contribution is 0.178. The third-order valence-corrected chi connectivity index (χ3v) is 4.43. The van der Waals surface area contributed by atoms with Gasteiger partial charge in [0, 0.05) is 12.6 Å². The number of aliphatic hydroxyl groups is 1. The van der Waals surface area contributed by atoms with E-state index in [0.717, 1.165) is 5.92 Å². The summed E-state index contributed by atoms with van der Waals surface area (Å²) in [5.74, 6) is 0.775. The van der Waals surface area contributed by atoms with Crippen LogP contribution < -0.4 is 5.32 Å². The highest BCUT2D eigenvalue weighted by Gasteiger charge is 2.35. The maximum atomic E-state index is 9.61. The topological polar surface area (TPSA) is 35.5 Å². The smallest absolute Gasteiger partial charge is 0.0626 e. The molecule has 3 unspecified atom stereocenters. The highest BCUT2D eigenvalue weighted by atomic mass is 16.3. The number of nitrogens with zero attached hydrogens (tertiary/aromatic N) is 1. The number of nitrogens with one attached hydrogen (secondary N) is 1. The molecular weight excluding hydrogens is 224 g/mol. The van der Waals surface area contributed by atoms with Crippen molar-refractivity contribution in [1.29, 1.82) is 0 Å². The zero-order valence-electron chi connectivity index (χ0n) is 10.8.